The van der Waals surface area contributed by atoms with E-state index in [0.717, 1.165) is 31.3 Å². The van der Waals surface area contributed by atoms with Gasteiger partial charge in [0.05, 0.1) is 0 Å². The summed E-state index contributed by atoms with van der Waals surface area (Å²) in [6.45, 7) is 2.25. The standard InChI is InChI=1S/C8H13N3O/c1-3-9-4-2-7(1)5-8-10-6-12-11-8/h6-7,9H,1-5H2. The predicted octanol–water partition coefficient (Wildman–Crippen LogP) is 0.612. The molecule has 4 heteroatoms. The highest BCUT2D eigenvalue weighted by molar-refractivity contribution is 4.83. The molecule has 1 aromatic rings. The molecule has 4 nitrogen and oxygen atoms in total. The fourth-order valence-electron chi connectivity index (χ4n) is 1.63. The quantitative estimate of drug-likeness (QED) is 0.701. The van der Waals surface area contributed by atoms with Gasteiger partial charge in [0.15, 0.2) is 5.82 Å². The molecule has 0 amide bonds. The van der Waals surface area contributed by atoms with Crippen molar-refractivity contribution in [3.63, 3.8) is 0 Å². The molecule has 0 radical (unpaired) electrons. The molecule has 0 bridgehead atoms. The highest BCUT2D eigenvalue weighted by Gasteiger charge is 2.15. The van der Waals surface area contributed by atoms with E-state index in [1.807, 2.05) is 0 Å². The molecule has 1 aliphatic rings. The third-order valence-corrected chi connectivity index (χ3v) is 2.34. The highest BCUT2D eigenvalue weighted by atomic mass is 16.5. The molecule has 1 aliphatic heterocycles. The van der Waals surface area contributed by atoms with Crippen molar-refractivity contribution in [1.82, 2.24) is 15.5 Å². The Labute approximate surface area is 71.4 Å². The molecule has 1 saturated heterocycles. The van der Waals surface area contributed by atoms with Crippen molar-refractivity contribution < 1.29 is 4.52 Å². The fourth-order valence-corrected chi connectivity index (χ4v) is 1.63. The monoisotopic (exact) mass is 167 g/mol. The van der Waals surface area contributed by atoms with Crippen LogP contribution in [-0.2, 0) is 6.42 Å². The summed E-state index contributed by atoms with van der Waals surface area (Å²) in [5.74, 6) is 1.59. The molecule has 2 heterocycles. The largest absolute Gasteiger partial charge is 0.343 e. The third-order valence-electron chi connectivity index (χ3n) is 2.34. The molecular formula is C8H13N3O. The Bertz CT molecular complexity index is 216. The van der Waals surface area contributed by atoms with Crippen LogP contribution in [0, 0.1) is 5.92 Å². The minimum absolute atomic E-state index is 0.740. The van der Waals surface area contributed by atoms with E-state index in [1.54, 1.807) is 0 Å². The van der Waals surface area contributed by atoms with E-state index in [2.05, 4.69) is 20.0 Å². The summed E-state index contributed by atoms with van der Waals surface area (Å²) >= 11 is 0. The first-order valence-electron chi connectivity index (χ1n) is 4.41. The van der Waals surface area contributed by atoms with E-state index in [1.165, 1.54) is 19.2 Å². The second kappa shape index (κ2) is 3.67. The Kier molecular flexibility index (Phi) is 2.36. The lowest BCUT2D eigenvalue weighted by Crippen LogP contribution is -2.28. The average molecular weight is 167 g/mol. The summed E-state index contributed by atoms with van der Waals surface area (Å²) in [5.41, 5.74) is 0. The SMILES string of the molecule is c1nc(CC2CCNCC2)no1. The van der Waals surface area contributed by atoms with Crippen molar-refractivity contribution in [2.24, 2.45) is 5.92 Å². The average Bonchev–Trinajstić information content (AvgIpc) is 2.59. The summed E-state index contributed by atoms with van der Waals surface area (Å²) in [7, 11) is 0. The van der Waals surface area contributed by atoms with E-state index >= 15 is 0 Å². The van der Waals surface area contributed by atoms with Crippen LogP contribution in [0.5, 0.6) is 0 Å². The lowest BCUT2D eigenvalue weighted by atomic mass is 9.94. The van der Waals surface area contributed by atoms with Gasteiger partial charge in [-0.3, -0.25) is 0 Å². The molecule has 0 aromatic carbocycles. The van der Waals surface area contributed by atoms with Gasteiger partial charge in [0.25, 0.3) is 0 Å². The molecule has 12 heavy (non-hydrogen) atoms. The van der Waals surface area contributed by atoms with Crippen molar-refractivity contribution in [2.75, 3.05) is 13.1 Å². The van der Waals surface area contributed by atoms with E-state index in [9.17, 15) is 0 Å². The number of piperidine rings is 1. The molecule has 0 unspecified atom stereocenters. The lowest BCUT2D eigenvalue weighted by Gasteiger charge is -2.20. The van der Waals surface area contributed by atoms with Crippen LogP contribution in [-0.4, -0.2) is 23.2 Å². The summed E-state index contributed by atoms with van der Waals surface area (Å²) in [4.78, 5) is 4.01. The summed E-state index contributed by atoms with van der Waals surface area (Å²) in [6, 6.07) is 0. The lowest BCUT2D eigenvalue weighted by molar-refractivity contribution is 0.355. The Morgan fingerprint density at radius 1 is 1.50 bits per heavy atom. The molecular weight excluding hydrogens is 154 g/mol. The summed E-state index contributed by atoms with van der Waals surface area (Å²) < 4.78 is 4.68. The van der Waals surface area contributed by atoms with Gasteiger partial charge in [0.1, 0.15) is 0 Å². The van der Waals surface area contributed by atoms with Crippen LogP contribution in [0.4, 0.5) is 0 Å². The van der Waals surface area contributed by atoms with Crippen LogP contribution in [0.2, 0.25) is 0 Å². The minimum atomic E-state index is 0.740. The Morgan fingerprint density at radius 3 is 3.00 bits per heavy atom. The Balaban J connectivity index is 1.86. The number of nitrogens with zero attached hydrogens (tertiary/aromatic N) is 2. The van der Waals surface area contributed by atoms with Crippen LogP contribution in [0.15, 0.2) is 10.9 Å². The molecule has 0 saturated carbocycles. The van der Waals surface area contributed by atoms with Crippen LogP contribution in [0.25, 0.3) is 0 Å². The van der Waals surface area contributed by atoms with Crippen LogP contribution in [0.1, 0.15) is 18.7 Å². The number of hydrogen-bond donors (Lipinski definition) is 1. The van der Waals surface area contributed by atoms with Crippen molar-refractivity contribution in [3.8, 4) is 0 Å². The highest BCUT2D eigenvalue weighted by Crippen LogP contribution is 2.15. The van der Waals surface area contributed by atoms with Crippen molar-refractivity contribution in [2.45, 2.75) is 19.3 Å². The van der Waals surface area contributed by atoms with Crippen LogP contribution in [0.3, 0.4) is 0 Å². The third kappa shape index (κ3) is 1.82. The van der Waals surface area contributed by atoms with Crippen molar-refractivity contribution in [3.05, 3.63) is 12.2 Å². The van der Waals surface area contributed by atoms with Gasteiger partial charge in [-0.2, -0.15) is 4.98 Å². The van der Waals surface area contributed by atoms with E-state index in [4.69, 9.17) is 0 Å². The van der Waals surface area contributed by atoms with Crippen molar-refractivity contribution >= 4 is 0 Å². The molecule has 0 aliphatic carbocycles. The fraction of sp³-hybridized carbons (Fsp3) is 0.750. The molecule has 2 rings (SSSR count). The van der Waals surface area contributed by atoms with Gasteiger partial charge in [-0.25, -0.2) is 0 Å². The Hall–Kier alpha value is -0.900. The molecule has 1 N–H and O–H groups in total. The second-order valence-electron chi connectivity index (χ2n) is 3.24. The van der Waals surface area contributed by atoms with Crippen molar-refractivity contribution in [1.29, 1.82) is 0 Å². The van der Waals surface area contributed by atoms with Gasteiger partial charge in [-0.05, 0) is 31.8 Å². The van der Waals surface area contributed by atoms with Gasteiger partial charge in [0.2, 0.25) is 6.39 Å². The first-order valence-corrected chi connectivity index (χ1v) is 4.41. The predicted molar refractivity (Wildman–Crippen MR) is 43.6 cm³/mol. The maximum atomic E-state index is 4.68. The first kappa shape index (κ1) is 7.73. The zero-order valence-corrected chi connectivity index (χ0v) is 6.99. The van der Waals surface area contributed by atoms with Gasteiger partial charge >= 0.3 is 0 Å². The molecule has 0 spiro atoms. The van der Waals surface area contributed by atoms with E-state index in [0.29, 0.717) is 0 Å². The molecule has 1 fully saturated rings. The molecule has 0 atom stereocenters. The first-order chi connectivity index (χ1) is 5.95. The Morgan fingerprint density at radius 2 is 2.33 bits per heavy atom. The van der Waals surface area contributed by atoms with Crippen LogP contribution < -0.4 is 5.32 Å². The molecule has 1 aromatic heterocycles. The maximum Gasteiger partial charge on any atom is 0.213 e. The maximum absolute atomic E-state index is 4.68. The number of aromatic nitrogens is 2. The van der Waals surface area contributed by atoms with E-state index in [-0.39, 0.29) is 0 Å². The topological polar surface area (TPSA) is 51.0 Å². The normalized spacial score (nSPS) is 19.7. The minimum Gasteiger partial charge on any atom is -0.343 e. The van der Waals surface area contributed by atoms with Gasteiger partial charge in [-0.15, -0.1) is 0 Å². The number of hydrogen-bond acceptors (Lipinski definition) is 4. The summed E-state index contributed by atoms with van der Waals surface area (Å²) in [5, 5.41) is 7.13. The number of nitrogens with one attached hydrogen (secondary N) is 1. The zero-order valence-electron chi connectivity index (χ0n) is 6.99. The second-order valence-corrected chi connectivity index (χ2v) is 3.24. The van der Waals surface area contributed by atoms with Crippen LogP contribution >= 0.6 is 0 Å². The van der Waals surface area contributed by atoms with Gasteiger partial charge in [0, 0.05) is 6.42 Å². The smallest absolute Gasteiger partial charge is 0.213 e. The zero-order chi connectivity index (χ0) is 8.23. The van der Waals surface area contributed by atoms with Gasteiger partial charge in [-0.1, -0.05) is 5.16 Å². The van der Waals surface area contributed by atoms with Gasteiger partial charge < -0.3 is 9.84 Å². The van der Waals surface area contributed by atoms with E-state index < -0.39 is 0 Å². The summed E-state index contributed by atoms with van der Waals surface area (Å²) in [6.07, 6.45) is 4.83. The molecule has 66 valence electrons. The number of rotatable bonds is 2.